The highest BCUT2D eigenvalue weighted by atomic mass is 35.5. The SMILES string of the molecule is O=C(CCCN1CCOCC1)Cc1cc(Cc2c(Cl)cc(Cl)cc2Cl)ccc1F. The molecule has 3 rings (SSSR count). The lowest BCUT2D eigenvalue weighted by Gasteiger charge is -2.26. The molecule has 1 saturated heterocycles. The molecule has 29 heavy (non-hydrogen) atoms. The molecule has 1 fully saturated rings. The zero-order valence-corrected chi connectivity index (χ0v) is 18.3. The number of nitrogens with zero attached hydrogens (tertiary/aromatic N) is 1. The number of halogens is 4. The van der Waals surface area contributed by atoms with E-state index in [1.54, 1.807) is 24.3 Å². The van der Waals surface area contributed by atoms with Crippen LogP contribution in [0.5, 0.6) is 0 Å². The van der Waals surface area contributed by atoms with Crippen LogP contribution in [0.3, 0.4) is 0 Å². The summed E-state index contributed by atoms with van der Waals surface area (Å²) >= 11 is 18.5. The van der Waals surface area contributed by atoms with Crippen molar-refractivity contribution < 1.29 is 13.9 Å². The van der Waals surface area contributed by atoms with Crippen molar-refractivity contribution in [2.45, 2.75) is 25.7 Å². The number of ether oxygens (including phenoxy) is 1. The Kier molecular flexibility index (Phi) is 8.34. The van der Waals surface area contributed by atoms with Crippen LogP contribution in [0.15, 0.2) is 30.3 Å². The molecule has 2 aromatic rings. The molecule has 0 unspecified atom stereocenters. The zero-order valence-electron chi connectivity index (χ0n) is 16.0. The third-order valence-corrected chi connectivity index (χ3v) is 5.91. The molecule has 0 spiro atoms. The lowest BCUT2D eigenvalue weighted by molar-refractivity contribution is -0.118. The largest absolute Gasteiger partial charge is 0.379 e. The van der Waals surface area contributed by atoms with Crippen molar-refractivity contribution in [1.82, 2.24) is 4.90 Å². The molecule has 1 heterocycles. The number of hydrogen-bond donors (Lipinski definition) is 0. The minimum Gasteiger partial charge on any atom is -0.379 e. The standard InChI is InChI=1S/C22H23Cl3FNO2/c23-17-13-20(24)19(21(25)14-17)11-15-3-4-22(26)16(10-15)12-18(28)2-1-5-27-6-8-29-9-7-27/h3-4,10,13-14H,1-2,5-9,11-12H2. The summed E-state index contributed by atoms with van der Waals surface area (Å²) in [5, 5.41) is 1.39. The van der Waals surface area contributed by atoms with Gasteiger partial charge < -0.3 is 4.74 Å². The van der Waals surface area contributed by atoms with E-state index in [0.717, 1.165) is 50.4 Å². The molecule has 2 aromatic carbocycles. The normalized spacial score (nSPS) is 14.9. The summed E-state index contributed by atoms with van der Waals surface area (Å²) in [5.74, 6) is -0.333. The Morgan fingerprint density at radius 2 is 1.76 bits per heavy atom. The molecular weight excluding hydrogens is 436 g/mol. The second-order valence-corrected chi connectivity index (χ2v) is 8.47. The van der Waals surface area contributed by atoms with E-state index >= 15 is 0 Å². The van der Waals surface area contributed by atoms with Gasteiger partial charge in [-0.15, -0.1) is 0 Å². The number of ketones is 1. The summed E-state index contributed by atoms with van der Waals surface area (Å²) < 4.78 is 19.6. The Morgan fingerprint density at radius 1 is 1.07 bits per heavy atom. The Hall–Kier alpha value is -1.17. The monoisotopic (exact) mass is 457 g/mol. The molecule has 156 valence electrons. The molecule has 0 aromatic heterocycles. The first kappa shape index (κ1) is 22.5. The quantitative estimate of drug-likeness (QED) is 0.515. The van der Waals surface area contributed by atoms with Gasteiger partial charge in [0.2, 0.25) is 0 Å². The van der Waals surface area contributed by atoms with Crippen molar-refractivity contribution in [3.8, 4) is 0 Å². The Balaban J connectivity index is 1.59. The van der Waals surface area contributed by atoms with Crippen LogP contribution in [0, 0.1) is 5.82 Å². The maximum atomic E-state index is 14.2. The average molecular weight is 459 g/mol. The number of carbonyl (C=O) groups is 1. The summed E-state index contributed by atoms with van der Waals surface area (Å²) in [6.07, 6.45) is 1.74. The van der Waals surface area contributed by atoms with Crippen LogP contribution in [-0.4, -0.2) is 43.5 Å². The van der Waals surface area contributed by atoms with E-state index in [9.17, 15) is 9.18 Å². The van der Waals surface area contributed by atoms with Crippen LogP contribution >= 0.6 is 34.8 Å². The second kappa shape index (κ2) is 10.7. The summed E-state index contributed by atoms with van der Waals surface area (Å²) in [5.41, 5.74) is 1.97. The molecule has 0 saturated carbocycles. The van der Waals surface area contributed by atoms with Crippen molar-refractivity contribution in [1.29, 1.82) is 0 Å². The van der Waals surface area contributed by atoms with E-state index in [1.807, 2.05) is 0 Å². The van der Waals surface area contributed by atoms with Gasteiger partial charge in [0.15, 0.2) is 0 Å². The fourth-order valence-electron chi connectivity index (χ4n) is 3.44. The molecule has 0 amide bonds. The van der Waals surface area contributed by atoms with E-state index in [2.05, 4.69) is 4.90 Å². The lowest BCUT2D eigenvalue weighted by atomic mass is 9.99. The molecule has 7 heteroatoms. The maximum absolute atomic E-state index is 14.2. The van der Waals surface area contributed by atoms with E-state index in [1.165, 1.54) is 6.07 Å². The van der Waals surface area contributed by atoms with Gasteiger partial charge in [-0.25, -0.2) is 4.39 Å². The van der Waals surface area contributed by atoms with Gasteiger partial charge in [-0.1, -0.05) is 46.9 Å². The van der Waals surface area contributed by atoms with Crippen molar-refractivity contribution in [2.75, 3.05) is 32.8 Å². The van der Waals surface area contributed by atoms with Crippen LogP contribution in [0.25, 0.3) is 0 Å². The summed E-state index contributed by atoms with van der Waals surface area (Å²) in [4.78, 5) is 14.6. The smallest absolute Gasteiger partial charge is 0.137 e. The molecule has 1 aliphatic rings. The van der Waals surface area contributed by atoms with Gasteiger partial charge in [0.05, 0.1) is 13.2 Å². The maximum Gasteiger partial charge on any atom is 0.137 e. The molecule has 1 aliphatic heterocycles. The van der Waals surface area contributed by atoms with E-state index in [0.29, 0.717) is 33.5 Å². The fourth-order valence-corrected chi connectivity index (χ4v) is 4.39. The first-order valence-electron chi connectivity index (χ1n) is 9.65. The summed E-state index contributed by atoms with van der Waals surface area (Å²) in [6.45, 7) is 4.16. The molecule has 0 radical (unpaired) electrons. The highest BCUT2D eigenvalue weighted by molar-refractivity contribution is 6.39. The van der Waals surface area contributed by atoms with Gasteiger partial charge in [-0.05, 0) is 47.9 Å². The molecular formula is C22H23Cl3FNO2. The summed E-state index contributed by atoms with van der Waals surface area (Å²) in [6, 6.07) is 8.06. The Bertz CT molecular complexity index is 846. The number of benzene rings is 2. The van der Waals surface area contributed by atoms with Gasteiger partial charge in [0, 0.05) is 47.4 Å². The lowest BCUT2D eigenvalue weighted by Crippen LogP contribution is -2.37. The third kappa shape index (κ3) is 6.66. The fraction of sp³-hybridized carbons (Fsp3) is 0.409. The molecule has 0 aliphatic carbocycles. The van der Waals surface area contributed by atoms with Gasteiger partial charge in [-0.2, -0.15) is 0 Å². The zero-order chi connectivity index (χ0) is 20.8. The van der Waals surface area contributed by atoms with Crippen molar-refractivity contribution in [3.05, 3.63) is 67.9 Å². The highest BCUT2D eigenvalue weighted by Gasteiger charge is 2.14. The highest BCUT2D eigenvalue weighted by Crippen LogP contribution is 2.31. The minimum atomic E-state index is -0.372. The number of rotatable bonds is 8. The van der Waals surface area contributed by atoms with Gasteiger partial charge in [-0.3, -0.25) is 9.69 Å². The van der Waals surface area contributed by atoms with E-state index in [4.69, 9.17) is 39.5 Å². The van der Waals surface area contributed by atoms with Gasteiger partial charge in [0.25, 0.3) is 0 Å². The Morgan fingerprint density at radius 3 is 2.45 bits per heavy atom. The van der Waals surface area contributed by atoms with Crippen LogP contribution in [0.1, 0.15) is 29.5 Å². The number of morpholine rings is 1. The first-order chi connectivity index (χ1) is 13.9. The second-order valence-electron chi connectivity index (χ2n) is 7.22. The molecule has 0 atom stereocenters. The van der Waals surface area contributed by atoms with Crippen LogP contribution in [-0.2, 0) is 22.4 Å². The van der Waals surface area contributed by atoms with Crippen LogP contribution < -0.4 is 0 Å². The third-order valence-electron chi connectivity index (χ3n) is 5.02. The topological polar surface area (TPSA) is 29.5 Å². The minimum absolute atomic E-state index is 0.0388. The van der Waals surface area contributed by atoms with E-state index < -0.39 is 0 Å². The van der Waals surface area contributed by atoms with Gasteiger partial charge in [0.1, 0.15) is 11.6 Å². The number of Topliss-reactive ketones (excluding diaryl/α,β-unsaturated/α-hetero) is 1. The van der Waals surface area contributed by atoms with E-state index in [-0.39, 0.29) is 18.0 Å². The van der Waals surface area contributed by atoms with Crippen LogP contribution in [0.4, 0.5) is 4.39 Å². The number of hydrogen-bond acceptors (Lipinski definition) is 3. The first-order valence-corrected chi connectivity index (χ1v) is 10.8. The van der Waals surface area contributed by atoms with Crippen molar-refractivity contribution in [3.63, 3.8) is 0 Å². The van der Waals surface area contributed by atoms with Crippen molar-refractivity contribution >= 4 is 40.6 Å². The van der Waals surface area contributed by atoms with Crippen molar-refractivity contribution in [2.24, 2.45) is 0 Å². The van der Waals surface area contributed by atoms with Gasteiger partial charge >= 0.3 is 0 Å². The predicted octanol–water partition coefficient (Wildman–Crippen LogP) is 5.60. The Labute approximate surface area is 185 Å². The molecule has 0 N–H and O–H groups in total. The average Bonchev–Trinajstić information content (AvgIpc) is 2.68. The number of carbonyl (C=O) groups excluding carboxylic acids is 1. The molecule has 3 nitrogen and oxygen atoms in total. The predicted molar refractivity (Wildman–Crippen MR) is 116 cm³/mol. The summed E-state index contributed by atoms with van der Waals surface area (Å²) in [7, 11) is 0. The van der Waals surface area contributed by atoms with Crippen LogP contribution in [0.2, 0.25) is 15.1 Å². The molecule has 0 bridgehead atoms.